The Hall–Kier alpha value is -1.14. The van der Waals surface area contributed by atoms with E-state index in [4.69, 9.17) is 0 Å². The predicted octanol–water partition coefficient (Wildman–Crippen LogP) is 1.07. The molecule has 1 heterocycles. The van der Waals surface area contributed by atoms with Gasteiger partial charge in [0.15, 0.2) is 0 Å². The van der Waals surface area contributed by atoms with E-state index in [1.54, 1.807) is 25.4 Å². The monoisotopic (exact) mass is 256 g/mol. The molecule has 0 bridgehead atoms. The molecule has 1 aromatic rings. The van der Waals surface area contributed by atoms with Gasteiger partial charge in [-0.3, -0.25) is 0 Å². The number of amides is 2. The van der Waals surface area contributed by atoms with E-state index in [9.17, 15) is 4.79 Å². The van der Waals surface area contributed by atoms with Gasteiger partial charge in [0.1, 0.15) is 0 Å². The van der Waals surface area contributed by atoms with E-state index >= 15 is 0 Å². The van der Waals surface area contributed by atoms with E-state index in [2.05, 4.69) is 22.5 Å². The molecule has 96 valence electrons. The fourth-order valence-electron chi connectivity index (χ4n) is 1.22. The van der Waals surface area contributed by atoms with E-state index in [1.807, 2.05) is 6.20 Å². The Bertz CT molecular complexity index is 351. The number of nitrogens with zero attached hydrogens (tertiary/aromatic N) is 2. The van der Waals surface area contributed by atoms with E-state index in [-0.39, 0.29) is 6.03 Å². The molecule has 0 aliphatic heterocycles. The van der Waals surface area contributed by atoms with Gasteiger partial charge >= 0.3 is 6.03 Å². The minimum atomic E-state index is -0.0575. The summed E-state index contributed by atoms with van der Waals surface area (Å²) in [6, 6.07) is -0.0575. The maximum atomic E-state index is 11.2. The Labute approximate surface area is 106 Å². The van der Waals surface area contributed by atoms with Crippen LogP contribution in [0.25, 0.3) is 0 Å². The molecule has 1 rings (SSSR count). The fourth-order valence-corrected chi connectivity index (χ4v) is 2.05. The molecular weight excluding hydrogens is 236 g/mol. The number of hydrogen-bond acceptors (Lipinski definition) is 4. The molecule has 0 saturated carbocycles. The zero-order valence-electron chi connectivity index (χ0n) is 10.6. The molecule has 2 amide bonds. The van der Waals surface area contributed by atoms with Gasteiger partial charge in [0.2, 0.25) is 0 Å². The highest BCUT2D eigenvalue weighted by molar-refractivity contribution is 7.11. The standard InChI is InChI=1S/C11H20N4OS/c1-4-10-14-8-9(17-10)7-12-5-6-13-11(16)15(2)3/h8,12H,4-7H2,1-3H3,(H,13,16). The Kier molecular flexibility index (Phi) is 5.93. The zero-order valence-corrected chi connectivity index (χ0v) is 11.4. The highest BCUT2D eigenvalue weighted by Gasteiger charge is 2.01. The predicted molar refractivity (Wildman–Crippen MR) is 70.3 cm³/mol. The molecule has 5 nitrogen and oxygen atoms in total. The average molecular weight is 256 g/mol. The van der Waals surface area contributed by atoms with Gasteiger partial charge in [-0.1, -0.05) is 6.92 Å². The molecule has 0 radical (unpaired) electrons. The number of nitrogens with one attached hydrogen (secondary N) is 2. The Morgan fingerprint density at radius 2 is 2.24 bits per heavy atom. The first-order chi connectivity index (χ1) is 8.13. The summed E-state index contributed by atoms with van der Waals surface area (Å²) in [5.41, 5.74) is 0. The molecular formula is C11H20N4OS. The fraction of sp³-hybridized carbons (Fsp3) is 0.636. The zero-order chi connectivity index (χ0) is 12.7. The number of urea groups is 1. The number of thiazole rings is 1. The van der Waals surface area contributed by atoms with Crippen molar-refractivity contribution in [2.45, 2.75) is 19.9 Å². The van der Waals surface area contributed by atoms with Crippen LogP contribution < -0.4 is 10.6 Å². The van der Waals surface area contributed by atoms with Crippen molar-refractivity contribution in [3.63, 3.8) is 0 Å². The summed E-state index contributed by atoms with van der Waals surface area (Å²) in [7, 11) is 3.46. The van der Waals surface area contributed by atoms with Crippen LogP contribution in [0.1, 0.15) is 16.8 Å². The van der Waals surface area contributed by atoms with Crippen LogP contribution in [-0.4, -0.2) is 43.1 Å². The molecule has 0 aliphatic carbocycles. The molecule has 0 saturated heterocycles. The third-order valence-corrected chi connectivity index (χ3v) is 3.33. The van der Waals surface area contributed by atoms with E-state index in [1.165, 1.54) is 14.8 Å². The van der Waals surface area contributed by atoms with Crippen LogP contribution in [0.4, 0.5) is 4.79 Å². The molecule has 6 heteroatoms. The van der Waals surface area contributed by atoms with Crippen LogP contribution in [0, 0.1) is 0 Å². The first-order valence-electron chi connectivity index (χ1n) is 5.73. The molecule has 0 unspecified atom stereocenters. The molecule has 0 fully saturated rings. The lowest BCUT2D eigenvalue weighted by Gasteiger charge is -2.11. The normalized spacial score (nSPS) is 10.3. The topological polar surface area (TPSA) is 57.3 Å². The average Bonchev–Trinajstić information content (AvgIpc) is 2.76. The summed E-state index contributed by atoms with van der Waals surface area (Å²) in [5.74, 6) is 0. The van der Waals surface area contributed by atoms with Gasteiger partial charge in [-0.05, 0) is 6.42 Å². The largest absolute Gasteiger partial charge is 0.337 e. The number of carbonyl (C=O) groups excluding carboxylic acids is 1. The van der Waals surface area contributed by atoms with Crippen molar-refractivity contribution >= 4 is 17.4 Å². The van der Waals surface area contributed by atoms with Crippen molar-refractivity contribution in [2.24, 2.45) is 0 Å². The minimum Gasteiger partial charge on any atom is -0.337 e. The van der Waals surface area contributed by atoms with Gasteiger partial charge in [0.25, 0.3) is 0 Å². The van der Waals surface area contributed by atoms with Gasteiger partial charge in [-0.2, -0.15) is 0 Å². The van der Waals surface area contributed by atoms with Gasteiger partial charge in [-0.25, -0.2) is 9.78 Å². The van der Waals surface area contributed by atoms with Crippen molar-refractivity contribution in [2.75, 3.05) is 27.2 Å². The molecule has 0 spiro atoms. The van der Waals surface area contributed by atoms with Crippen molar-refractivity contribution < 1.29 is 4.79 Å². The second kappa shape index (κ2) is 7.24. The van der Waals surface area contributed by atoms with Gasteiger partial charge in [0.05, 0.1) is 5.01 Å². The van der Waals surface area contributed by atoms with Crippen LogP contribution in [-0.2, 0) is 13.0 Å². The van der Waals surface area contributed by atoms with Crippen LogP contribution in [0.3, 0.4) is 0 Å². The summed E-state index contributed by atoms with van der Waals surface area (Å²) in [4.78, 5) is 18.2. The molecule has 0 aliphatic rings. The Balaban J connectivity index is 2.10. The second-order valence-corrected chi connectivity index (χ2v) is 5.08. The van der Waals surface area contributed by atoms with E-state index in [0.717, 1.165) is 19.5 Å². The first-order valence-corrected chi connectivity index (χ1v) is 6.54. The lowest BCUT2D eigenvalue weighted by molar-refractivity contribution is 0.217. The van der Waals surface area contributed by atoms with Crippen LogP contribution in [0.5, 0.6) is 0 Å². The molecule has 2 N–H and O–H groups in total. The maximum absolute atomic E-state index is 11.2. The third-order valence-electron chi connectivity index (χ3n) is 2.19. The van der Waals surface area contributed by atoms with Crippen LogP contribution >= 0.6 is 11.3 Å². The molecule has 0 aromatic carbocycles. The maximum Gasteiger partial charge on any atom is 0.316 e. The van der Waals surface area contributed by atoms with Crippen molar-refractivity contribution in [3.05, 3.63) is 16.1 Å². The summed E-state index contributed by atoms with van der Waals surface area (Å²) in [5, 5.41) is 7.24. The van der Waals surface area contributed by atoms with E-state index < -0.39 is 0 Å². The van der Waals surface area contributed by atoms with Crippen molar-refractivity contribution in [3.8, 4) is 0 Å². The smallest absolute Gasteiger partial charge is 0.316 e. The quantitative estimate of drug-likeness (QED) is 0.749. The van der Waals surface area contributed by atoms with Gasteiger partial charge < -0.3 is 15.5 Å². The summed E-state index contributed by atoms with van der Waals surface area (Å²) < 4.78 is 0. The minimum absolute atomic E-state index is 0.0575. The van der Waals surface area contributed by atoms with Gasteiger partial charge in [-0.15, -0.1) is 11.3 Å². The number of carbonyl (C=O) groups is 1. The first kappa shape index (κ1) is 13.9. The molecule has 17 heavy (non-hydrogen) atoms. The third kappa shape index (κ3) is 5.14. The number of aromatic nitrogens is 1. The highest BCUT2D eigenvalue weighted by Crippen LogP contribution is 2.12. The number of aryl methyl sites for hydroxylation is 1. The van der Waals surface area contributed by atoms with Crippen molar-refractivity contribution in [1.82, 2.24) is 20.5 Å². The summed E-state index contributed by atoms with van der Waals surface area (Å²) in [6.45, 7) is 4.32. The SMILES string of the molecule is CCc1ncc(CNCCNC(=O)N(C)C)s1. The lowest BCUT2D eigenvalue weighted by atomic mass is 10.5. The van der Waals surface area contributed by atoms with Crippen molar-refractivity contribution in [1.29, 1.82) is 0 Å². The summed E-state index contributed by atoms with van der Waals surface area (Å²) in [6.07, 6.45) is 2.90. The highest BCUT2D eigenvalue weighted by atomic mass is 32.1. The summed E-state index contributed by atoms with van der Waals surface area (Å²) >= 11 is 1.73. The molecule has 0 atom stereocenters. The number of rotatable bonds is 6. The van der Waals surface area contributed by atoms with Crippen LogP contribution in [0.2, 0.25) is 0 Å². The second-order valence-electron chi connectivity index (χ2n) is 3.88. The van der Waals surface area contributed by atoms with Crippen LogP contribution in [0.15, 0.2) is 6.20 Å². The Morgan fingerprint density at radius 1 is 1.47 bits per heavy atom. The number of hydrogen-bond donors (Lipinski definition) is 2. The van der Waals surface area contributed by atoms with E-state index in [0.29, 0.717) is 6.54 Å². The Morgan fingerprint density at radius 3 is 2.82 bits per heavy atom. The lowest BCUT2D eigenvalue weighted by Crippen LogP contribution is -2.38. The molecule has 1 aromatic heterocycles. The van der Waals surface area contributed by atoms with Gasteiger partial charge in [0, 0.05) is 44.8 Å².